The van der Waals surface area contributed by atoms with Gasteiger partial charge in [-0.15, -0.1) is 0 Å². The van der Waals surface area contributed by atoms with E-state index in [4.69, 9.17) is 0 Å². The van der Waals surface area contributed by atoms with Crippen molar-refractivity contribution >= 4 is 0 Å². The van der Waals surface area contributed by atoms with Gasteiger partial charge in [-0.05, 0) is 56.8 Å². The fraction of sp³-hybridized carbons (Fsp3) is 0.789. The van der Waals surface area contributed by atoms with E-state index in [1.807, 2.05) is 13.8 Å². The van der Waals surface area contributed by atoms with Crippen LogP contribution in [-0.4, -0.2) is 0 Å². The first kappa shape index (κ1) is 20.8. The molecule has 2 aliphatic rings. The lowest BCUT2D eigenvalue weighted by atomic mass is 9.91. The molecule has 0 spiro atoms. The Morgan fingerprint density at radius 2 is 1.37 bits per heavy atom. The molecule has 19 heavy (non-hydrogen) atoms. The van der Waals surface area contributed by atoms with E-state index in [1.165, 1.54) is 32.1 Å². The summed E-state index contributed by atoms with van der Waals surface area (Å²) in [5.74, 6) is 2.62. The Hall–Kier alpha value is -0.520. The topological polar surface area (TPSA) is 0 Å². The molecular weight excluding hydrogens is 228 g/mol. The first-order chi connectivity index (χ1) is 8.58. The summed E-state index contributed by atoms with van der Waals surface area (Å²) in [5.41, 5.74) is 1.59. The van der Waals surface area contributed by atoms with Crippen molar-refractivity contribution in [1.29, 1.82) is 0 Å². The van der Waals surface area contributed by atoms with Crippen LogP contribution in [0.4, 0.5) is 0 Å². The third kappa shape index (κ3) is 11.0. The largest absolute Gasteiger partial charge is 0.0854 e. The Morgan fingerprint density at radius 3 is 1.63 bits per heavy atom. The predicted molar refractivity (Wildman–Crippen MR) is 91.6 cm³/mol. The Morgan fingerprint density at radius 1 is 0.895 bits per heavy atom. The van der Waals surface area contributed by atoms with Crippen LogP contribution < -0.4 is 0 Å². The van der Waals surface area contributed by atoms with Crippen molar-refractivity contribution < 1.29 is 0 Å². The van der Waals surface area contributed by atoms with Gasteiger partial charge in [-0.25, -0.2) is 0 Å². The third-order valence-corrected chi connectivity index (χ3v) is 3.75. The summed E-state index contributed by atoms with van der Waals surface area (Å²) < 4.78 is 0. The van der Waals surface area contributed by atoms with Gasteiger partial charge in [0.1, 0.15) is 0 Å². The third-order valence-electron chi connectivity index (χ3n) is 3.75. The maximum atomic E-state index is 2.37. The average molecular weight is 267 g/mol. The highest BCUT2D eigenvalue weighted by molar-refractivity contribution is 5.02. The minimum atomic E-state index is 0. The quantitative estimate of drug-likeness (QED) is 0.413. The molecule has 0 aliphatic heterocycles. The highest BCUT2D eigenvalue weighted by atomic mass is 14.1. The van der Waals surface area contributed by atoms with Crippen LogP contribution in [0.1, 0.15) is 81.1 Å². The molecule has 0 aromatic carbocycles. The Balaban J connectivity index is 0. The fourth-order valence-electron chi connectivity index (χ4n) is 2.19. The van der Waals surface area contributed by atoms with Crippen LogP contribution in [0.5, 0.6) is 0 Å². The van der Waals surface area contributed by atoms with E-state index in [0.29, 0.717) is 0 Å². The lowest BCUT2D eigenvalue weighted by Crippen LogP contribution is -2.01. The summed E-state index contributed by atoms with van der Waals surface area (Å²) >= 11 is 0. The van der Waals surface area contributed by atoms with Gasteiger partial charge in [0.25, 0.3) is 0 Å². The minimum Gasteiger partial charge on any atom is -0.0854 e. The zero-order chi connectivity index (χ0) is 14.0. The summed E-state index contributed by atoms with van der Waals surface area (Å²) in [4.78, 5) is 0. The maximum absolute atomic E-state index is 2.37. The summed E-state index contributed by atoms with van der Waals surface area (Å²) in [6.07, 6.45) is 13.8. The van der Waals surface area contributed by atoms with E-state index in [9.17, 15) is 0 Å². The van der Waals surface area contributed by atoms with Gasteiger partial charge in [-0.3, -0.25) is 0 Å². The van der Waals surface area contributed by atoms with E-state index < -0.39 is 0 Å². The molecule has 0 heterocycles. The van der Waals surface area contributed by atoms with E-state index in [1.54, 1.807) is 5.57 Å². The molecule has 0 saturated heterocycles. The van der Waals surface area contributed by atoms with Gasteiger partial charge >= 0.3 is 0 Å². The SMILES string of the molecule is C.CC.CC1=CCC(C)CC1.CC1C=CC(C)CC1. The Kier molecular flexibility index (Phi) is 13.7. The van der Waals surface area contributed by atoms with Gasteiger partial charge in [0, 0.05) is 0 Å². The molecule has 0 saturated carbocycles. The summed E-state index contributed by atoms with van der Waals surface area (Å²) in [7, 11) is 0. The van der Waals surface area contributed by atoms with Gasteiger partial charge in [0.2, 0.25) is 0 Å². The molecule has 0 aromatic rings. The normalized spacial score (nSPS) is 28.7. The van der Waals surface area contributed by atoms with Crippen LogP contribution >= 0.6 is 0 Å². The molecule has 0 fully saturated rings. The Bertz CT molecular complexity index is 235. The number of hydrogen-bond donors (Lipinski definition) is 0. The van der Waals surface area contributed by atoms with Crippen molar-refractivity contribution in [1.82, 2.24) is 0 Å². The molecule has 0 heteroatoms. The first-order valence-electron chi connectivity index (χ1n) is 7.92. The van der Waals surface area contributed by atoms with E-state index in [-0.39, 0.29) is 7.43 Å². The van der Waals surface area contributed by atoms with Crippen molar-refractivity contribution in [3.8, 4) is 0 Å². The second-order valence-electron chi connectivity index (χ2n) is 5.85. The van der Waals surface area contributed by atoms with E-state index in [2.05, 4.69) is 45.9 Å². The lowest BCUT2D eigenvalue weighted by molar-refractivity contribution is 0.502. The van der Waals surface area contributed by atoms with Crippen LogP contribution in [-0.2, 0) is 0 Å². The van der Waals surface area contributed by atoms with E-state index in [0.717, 1.165) is 17.8 Å². The fourth-order valence-corrected chi connectivity index (χ4v) is 2.19. The number of allylic oxidation sites excluding steroid dienone is 4. The standard InChI is InChI=1S/2C8H14.C2H6.CH4/c2*1-7-3-5-8(2)6-4-7;1-2;/h3,8H,4-6H2,1-2H3;3,5,7-8H,4,6H2,1-2H3;1-2H3;1H4. The van der Waals surface area contributed by atoms with Crippen LogP contribution in [0.3, 0.4) is 0 Å². The molecule has 3 unspecified atom stereocenters. The van der Waals surface area contributed by atoms with Gasteiger partial charge in [0.05, 0.1) is 0 Å². The smallest absolute Gasteiger partial charge is 0.0262 e. The van der Waals surface area contributed by atoms with Crippen LogP contribution in [0.25, 0.3) is 0 Å². The molecule has 114 valence electrons. The molecule has 0 amide bonds. The van der Waals surface area contributed by atoms with Gasteiger partial charge in [-0.1, -0.05) is 65.8 Å². The van der Waals surface area contributed by atoms with Crippen molar-refractivity contribution in [3.63, 3.8) is 0 Å². The zero-order valence-corrected chi connectivity index (χ0v) is 13.5. The highest BCUT2D eigenvalue weighted by Crippen LogP contribution is 2.21. The number of hydrogen-bond acceptors (Lipinski definition) is 0. The molecule has 2 rings (SSSR count). The van der Waals surface area contributed by atoms with Crippen molar-refractivity contribution in [2.45, 2.75) is 81.1 Å². The second kappa shape index (κ2) is 12.5. The van der Waals surface area contributed by atoms with Crippen LogP contribution in [0.2, 0.25) is 0 Å². The maximum Gasteiger partial charge on any atom is -0.0262 e. The number of rotatable bonds is 0. The molecule has 0 N–H and O–H groups in total. The molecular formula is C19H38. The molecule has 3 atom stereocenters. The van der Waals surface area contributed by atoms with Gasteiger partial charge in [0.15, 0.2) is 0 Å². The monoisotopic (exact) mass is 266 g/mol. The average Bonchev–Trinajstić information content (AvgIpc) is 2.40. The first-order valence-corrected chi connectivity index (χ1v) is 7.92. The highest BCUT2D eigenvalue weighted by Gasteiger charge is 2.06. The van der Waals surface area contributed by atoms with Gasteiger partial charge in [-0.2, -0.15) is 0 Å². The molecule has 0 nitrogen and oxygen atoms in total. The van der Waals surface area contributed by atoms with Crippen molar-refractivity contribution in [2.75, 3.05) is 0 Å². The summed E-state index contributed by atoms with van der Waals surface area (Å²) in [5, 5.41) is 0. The summed E-state index contributed by atoms with van der Waals surface area (Å²) in [6.45, 7) is 13.1. The zero-order valence-electron chi connectivity index (χ0n) is 13.5. The van der Waals surface area contributed by atoms with Crippen molar-refractivity contribution in [2.24, 2.45) is 17.8 Å². The minimum absolute atomic E-state index is 0. The molecule has 0 aromatic heterocycles. The predicted octanol–water partition coefficient (Wildman–Crippen LogP) is 7.02. The Labute approximate surface area is 123 Å². The molecule has 0 bridgehead atoms. The van der Waals surface area contributed by atoms with Gasteiger partial charge < -0.3 is 0 Å². The van der Waals surface area contributed by atoms with Crippen LogP contribution in [0.15, 0.2) is 23.8 Å². The molecule has 2 aliphatic carbocycles. The molecule has 0 radical (unpaired) electrons. The summed E-state index contributed by atoms with van der Waals surface area (Å²) in [6, 6.07) is 0. The van der Waals surface area contributed by atoms with Crippen LogP contribution in [0, 0.1) is 17.8 Å². The van der Waals surface area contributed by atoms with E-state index >= 15 is 0 Å². The second-order valence-corrected chi connectivity index (χ2v) is 5.85. The lowest BCUT2D eigenvalue weighted by Gasteiger charge is -2.15. The van der Waals surface area contributed by atoms with Crippen molar-refractivity contribution in [3.05, 3.63) is 23.8 Å².